The Hall–Kier alpha value is -2.30. The second kappa shape index (κ2) is 8.44. The van der Waals surface area contributed by atoms with Gasteiger partial charge in [0.2, 0.25) is 21.8 Å². The predicted molar refractivity (Wildman–Crippen MR) is 117 cm³/mol. The molecular formula is C20H26N4O4S2. The molecule has 0 spiro atoms. The lowest BCUT2D eigenvalue weighted by molar-refractivity contribution is -0.118. The summed E-state index contributed by atoms with van der Waals surface area (Å²) in [5, 5.41) is 4.92. The number of hydrogen-bond donors (Lipinski definition) is 2. The van der Waals surface area contributed by atoms with Gasteiger partial charge in [0, 0.05) is 24.0 Å². The monoisotopic (exact) mass is 450 g/mol. The highest BCUT2D eigenvalue weighted by molar-refractivity contribution is 7.89. The molecule has 0 bridgehead atoms. The van der Waals surface area contributed by atoms with E-state index in [0.717, 1.165) is 16.9 Å². The van der Waals surface area contributed by atoms with Crippen LogP contribution in [-0.2, 0) is 26.0 Å². The first-order valence-corrected chi connectivity index (χ1v) is 12.0. The van der Waals surface area contributed by atoms with E-state index in [1.54, 1.807) is 36.3 Å². The lowest BCUT2D eigenvalue weighted by atomic mass is 10.1. The molecule has 0 radical (unpaired) electrons. The Kier molecular flexibility index (Phi) is 6.30. The van der Waals surface area contributed by atoms with Gasteiger partial charge in [-0.3, -0.25) is 9.59 Å². The Morgan fingerprint density at radius 3 is 2.57 bits per heavy atom. The summed E-state index contributed by atoms with van der Waals surface area (Å²) >= 11 is 1.29. The van der Waals surface area contributed by atoms with Crippen molar-refractivity contribution in [2.75, 3.05) is 10.2 Å². The Balaban J connectivity index is 1.83. The zero-order valence-corrected chi connectivity index (χ0v) is 19.2. The van der Waals surface area contributed by atoms with Crippen LogP contribution in [0.3, 0.4) is 0 Å². The van der Waals surface area contributed by atoms with Crippen LogP contribution in [0.15, 0.2) is 28.5 Å². The second-order valence-corrected chi connectivity index (χ2v) is 10.4. The lowest BCUT2D eigenvalue weighted by Crippen LogP contribution is -2.47. The Labute approximate surface area is 180 Å². The number of aromatic nitrogens is 1. The summed E-state index contributed by atoms with van der Waals surface area (Å²) in [6, 6.07) is 3.71. The molecule has 1 aromatic heterocycles. The van der Waals surface area contributed by atoms with Gasteiger partial charge in [-0.15, -0.1) is 11.3 Å². The van der Waals surface area contributed by atoms with Crippen LogP contribution in [0.5, 0.6) is 0 Å². The number of hydrogen-bond acceptors (Lipinski definition) is 6. The van der Waals surface area contributed by atoms with Crippen LogP contribution in [0.2, 0.25) is 0 Å². The fourth-order valence-electron chi connectivity index (χ4n) is 3.58. The van der Waals surface area contributed by atoms with Crippen molar-refractivity contribution in [1.29, 1.82) is 0 Å². The van der Waals surface area contributed by atoms with Crippen LogP contribution in [0.25, 0.3) is 0 Å². The highest BCUT2D eigenvalue weighted by Gasteiger charge is 2.32. The van der Waals surface area contributed by atoms with Gasteiger partial charge in [-0.05, 0) is 49.9 Å². The number of nitrogens with zero attached hydrogens (tertiary/aromatic N) is 2. The van der Waals surface area contributed by atoms with E-state index < -0.39 is 22.0 Å². The molecule has 0 fully saturated rings. The highest BCUT2D eigenvalue weighted by Crippen LogP contribution is 2.34. The molecule has 2 heterocycles. The molecule has 0 saturated heterocycles. The molecule has 30 heavy (non-hydrogen) atoms. The molecule has 1 aliphatic heterocycles. The first-order valence-electron chi connectivity index (χ1n) is 9.67. The van der Waals surface area contributed by atoms with E-state index in [1.165, 1.54) is 24.3 Å². The number of benzene rings is 1. The number of amides is 2. The summed E-state index contributed by atoms with van der Waals surface area (Å²) in [6.45, 7) is 8.78. The Morgan fingerprint density at radius 2 is 2.00 bits per heavy atom. The Morgan fingerprint density at radius 1 is 1.30 bits per heavy atom. The van der Waals surface area contributed by atoms with E-state index in [2.05, 4.69) is 15.0 Å². The fourth-order valence-corrected chi connectivity index (χ4v) is 5.66. The van der Waals surface area contributed by atoms with Crippen molar-refractivity contribution in [3.8, 4) is 0 Å². The number of sulfonamides is 1. The number of nitrogens with one attached hydrogen (secondary N) is 2. The number of rotatable bonds is 6. The summed E-state index contributed by atoms with van der Waals surface area (Å²) in [4.78, 5) is 30.5. The van der Waals surface area contributed by atoms with Crippen LogP contribution < -0.4 is 14.9 Å². The highest BCUT2D eigenvalue weighted by atomic mass is 32.2. The van der Waals surface area contributed by atoms with Crippen LogP contribution in [0, 0.1) is 12.8 Å². The van der Waals surface area contributed by atoms with Crippen molar-refractivity contribution < 1.29 is 18.0 Å². The SMILES string of the molecule is CC(=O)N1c2ccc(S(=O)(=O)N[C@H](C(=O)Nc3nc(C)cs3)C(C)C)cc2C[C@@H]1C. The van der Waals surface area contributed by atoms with Crippen molar-refractivity contribution in [1.82, 2.24) is 9.71 Å². The smallest absolute Gasteiger partial charge is 0.244 e. The molecule has 10 heteroatoms. The third kappa shape index (κ3) is 4.55. The van der Waals surface area contributed by atoms with E-state index in [1.807, 2.05) is 13.8 Å². The van der Waals surface area contributed by atoms with Gasteiger partial charge in [0.1, 0.15) is 6.04 Å². The van der Waals surface area contributed by atoms with Gasteiger partial charge in [0.05, 0.1) is 10.6 Å². The van der Waals surface area contributed by atoms with Crippen molar-refractivity contribution in [2.24, 2.45) is 5.92 Å². The molecule has 162 valence electrons. The molecule has 2 aromatic rings. The van der Waals surface area contributed by atoms with Gasteiger partial charge in [0.15, 0.2) is 5.13 Å². The van der Waals surface area contributed by atoms with Gasteiger partial charge in [-0.1, -0.05) is 13.8 Å². The molecule has 8 nitrogen and oxygen atoms in total. The van der Waals surface area contributed by atoms with Crippen LogP contribution in [0.4, 0.5) is 10.8 Å². The fraction of sp³-hybridized carbons (Fsp3) is 0.450. The third-order valence-electron chi connectivity index (χ3n) is 5.00. The van der Waals surface area contributed by atoms with Crippen molar-refractivity contribution in [3.05, 3.63) is 34.8 Å². The molecular weight excluding hydrogens is 424 g/mol. The molecule has 2 amide bonds. The van der Waals surface area contributed by atoms with Gasteiger partial charge in [0.25, 0.3) is 0 Å². The van der Waals surface area contributed by atoms with Crippen LogP contribution in [0.1, 0.15) is 39.0 Å². The maximum absolute atomic E-state index is 13.0. The molecule has 1 aliphatic rings. The number of thiazole rings is 1. The maximum atomic E-state index is 13.0. The lowest BCUT2D eigenvalue weighted by Gasteiger charge is -2.22. The minimum Gasteiger partial charge on any atom is -0.309 e. The first kappa shape index (κ1) is 22.4. The van der Waals surface area contributed by atoms with Gasteiger partial charge >= 0.3 is 0 Å². The maximum Gasteiger partial charge on any atom is 0.244 e. The molecule has 1 aromatic carbocycles. The zero-order chi connectivity index (χ0) is 22.2. The Bertz CT molecular complexity index is 1080. The van der Waals surface area contributed by atoms with Gasteiger partial charge in [-0.25, -0.2) is 13.4 Å². The van der Waals surface area contributed by atoms with E-state index in [0.29, 0.717) is 11.6 Å². The summed E-state index contributed by atoms with van der Waals surface area (Å²) in [5.41, 5.74) is 2.31. The minimum atomic E-state index is -3.94. The van der Waals surface area contributed by atoms with E-state index in [9.17, 15) is 18.0 Å². The van der Waals surface area contributed by atoms with E-state index >= 15 is 0 Å². The van der Waals surface area contributed by atoms with E-state index in [-0.39, 0.29) is 22.8 Å². The number of carbonyl (C=O) groups is 2. The first-order chi connectivity index (χ1) is 14.0. The van der Waals surface area contributed by atoms with Crippen LogP contribution >= 0.6 is 11.3 Å². The van der Waals surface area contributed by atoms with Crippen molar-refractivity contribution in [3.63, 3.8) is 0 Å². The number of anilines is 2. The molecule has 0 saturated carbocycles. The van der Waals surface area contributed by atoms with Crippen LogP contribution in [-0.4, -0.2) is 37.3 Å². The van der Waals surface area contributed by atoms with Crippen molar-refractivity contribution in [2.45, 2.75) is 58.0 Å². The largest absolute Gasteiger partial charge is 0.309 e. The normalized spacial score (nSPS) is 17.1. The summed E-state index contributed by atoms with van der Waals surface area (Å²) in [6.07, 6.45) is 0.579. The predicted octanol–water partition coefficient (Wildman–Crippen LogP) is 2.69. The average Bonchev–Trinajstić information content (AvgIpc) is 3.20. The standard InChI is InChI=1S/C20H26N4O4S2/c1-11(2)18(19(26)22-20-21-12(3)10-29-20)23-30(27,28)16-6-7-17-15(9-16)8-13(4)24(17)14(5)25/h6-7,9-11,13,18,23H,8H2,1-5H3,(H,21,22,26)/t13-,18-/m0/s1. The molecule has 2 N–H and O–H groups in total. The zero-order valence-electron chi connectivity index (χ0n) is 17.6. The topological polar surface area (TPSA) is 108 Å². The van der Waals surface area contributed by atoms with Gasteiger partial charge in [-0.2, -0.15) is 4.72 Å². The number of carbonyl (C=O) groups excluding carboxylic acids is 2. The molecule has 3 rings (SSSR count). The average molecular weight is 451 g/mol. The second-order valence-electron chi connectivity index (χ2n) is 7.86. The molecule has 0 aliphatic carbocycles. The molecule has 0 unspecified atom stereocenters. The minimum absolute atomic E-state index is 0.0284. The van der Waals surface area contributed by atoms with Gasteiger partial charge < -0.3 is 10.2 Å². The van der Waals surface area contributed by atoms with E-state index in [4.69, 9.17) is 0 Å². The molecule has 2 atom stereocenters. The summed E-state index contributed by atoms with van der Waals surface area (Å²) in [7, 11) is -3.94. The quantitative estimate of drug-likeness (QED) is 0.703. The summed E-state index contributed by atoms with van der Waals surface area (Å²) in [5.74, 6) is -0.812. The number of aryl methyl sites for hydroxylation is 1. The number of fused-ring (bicyclic) bond motifs is 1. The van der Waals surface area contributed by atoms with Crippen molar-refractivity contribution >= 4 is 44.0 Å². The third-order valence-corrected chi connectivity index (χ3v) is 7.31. The summed E-state index contributed by atoms with van der Waals surface area (Å²) < 4.78 is 28.6.